The predicted octanol–water partition coefficient (Wildman–Crippen LogP) is 3.91. The van der Waals surface area contributed by atoms with Gasteiger partial charge in [0.15, 0.2) is 0 Å². The lowest BCUT2D eigenvalue weighted by Crippen LogP contribution is -2.44. The lowest BCUT2D eigenvalue weighted by atomic mass is 9.94. The number of carbonyl (C=O) groups excluding carboxylic acids is 1. The molecule has 0 heterocycles. The summed E-state index contributed by atoms with van der Waals surface area (Å²) >= 11 is 3.64. The van der Waals surface area contributed by atoms with Crippen molar-refractivity contribution in [2.75, 3.05) is 7.05 Å². The fraction of sp³-hybridized carbons (Fsp3) is 0.533. The highest BCUT2D eigenvalue weighted by molar-refractivity contribution is 9.09. The number of hydrogen-bond acceptors (Lipinski definition) is 1. The van der Waals surface area contributed by atoms with Crippen molar-refractivity contribution in [3.63, 3.8) is 0 Å². The molecule has 1 aliphatic carbocycles. The Bertz CT molecular complexity index is 477. The Labute approximate surface area is 122 Å². The maximum atomic E-state index is 13.8. The first-order chi connectivity index (χ1) is 9.00. The SMILES string of the molecule is Cc1ccc(F)c(C(=O)N(C)C2CCCCC2Br)c1. The van der Waals surface area contributed by atoms with Gasteiger partial charge >= 0.3 is 0 Å². The Kier molecular flexibility index (Phi) is 4.61. The van der Waals surface area contributed by atoms with Gasteiger partial charge in [0.05, 0.1) is 5.56 Å². The number of halogens is 2. The molecule has 2 rings (SSSR count). The van der Waals surface area contributed by atoms with Crippen LogP contribution in [0.4, 0.5) is 4.39 Å². The maximum Gasteiger partial charge on any atom is 0.256 e. The van der Waals surface area contributed by atoms with Crippen molar-refractivity contribution in [2.45, 2.75) is 43.5 Å². The summed E-state index contributed by atoms with van der Waals surface area (Å²) in [6.45, 7) is 1.87. The molecule has 2 nitrogen and oxygen atoms in total. The molecule has 0 spiro atoms. The molecule has 0 bridgehead atoms. The number of nitrogens with zero attached hydrogens (tertiary/aromatic N) is 1. The van der Waals surface area contributed by atoms with Gasteiger partial charge in [-0.05, 0) is 31.9 Å². The van der Waals surface area contributed by atoms with Crippen LogP contribution in [0.2, 0.25) is 0 Å². The standard InChI is InChI=1S/C15H19BrFNO/c1-10-7-8-13(17)11(9-10)15(19)18(2)14-6-4-3-5-12(14)16/h7-9,12,14H,3-6H2,1-2H3. The van der Waals surface area contributed by atoms with Crippen molar-refractivity contribution < 1.29 is 9.18 Å². The number of hydrogen-bond donors (Lipinski definition) is 0. The molecule has 4 heteroatoms. The Morgan fingerprint density at radius 2 is 2.05 bits per heavy atom. The molecule has 19 heavy (non-hydrogen) atoms. The monoisotopic (exact) mass is 327 g/mol. The average Bonchev–Trinajstić information content (AvgIpc) is 2.40. The fourth-order valence-electron chi connectivity index (χ4n) is 2.65. The minimum absolute atomic E-state index is 0.154. The second-order valence-electron chi connectivity index (χ2n) is 5.27. The van der Waals surface area contributed by atoms with E-state index in [9.17, 15) is 9.18 Å². The molecule has 1 amide bonds. The van der Waals surface area contributed by atoms with Gasteiger partial charge in [-0.1, -0.05) is 40.4 Å². The maximum absolute atomic E-state index is 13.8. The third-order valence-electron chi connectivity index (χ3n) is 3.82. The van der Waals surface area contributed by atoms with Crippen molar-refractivity contribution in [1.29, 1.82) is 0 Å². The van der Waals surface area contributed by atoms with Crippen LogP contribution >= 0.6 is 15.9 Å². The quantitative estimate of drug-likeness (QED) is 0.754. The van der Waals surface area contributed by atoms with Crippen LogP contribution in [0.25, 0.3) is 0 Å². The van der Waals surface area contributed by atoms with E-state index in [0.717, 1.165) is 24.8 Å². The van der Waals surface area contributed by atoms with Crippen LogP contribution in [-0.4, -0.2) is 28.7 Å². The smallest absolute Gasteiger partial charge is 0.256 e. The molecule has 1 saturated carbocycles. The molecular formula is C15H19BrFNO. The van der Waals surface area contributed by atoms with E-state index >= 15 is 0 Å². The third-order valence-corrected chi connectivity index (χ3v) is 4.89. The van der Waals surface area contributed by atoms with Crippen LogP contribution in [0, 0.1) is 12.7 Å². The summed E-state index contributed by atoms with van der Waals surface area (Å²) in [4.78, 5) is 14.4. The van der Waals surface area contributed by atoms with Crippen molar-refractivity contribution >= 4 is 21.8 Å². The molecule has 0 aliphatic heterocycles. The van der Waals surface area contributed by atoms with Crippen molar-refractivity contribution in [2.24, 2.45) is 0 Å². The highest BCUT2D eigenvalue weighted by Crippen LogP contribution is 2.29. The minimum Gasteiger partial charge on any atom is -0.338 e. The van der Waals surface area contributed by atoms with E-state index in [2.05, 4.69) is 15.9 Å². The number of alkyl halides is 1. The molecule has 0 N–H and O–H groups in total. The Morgan fingerprint density at radius 1 is 1.37 bits per heavy atom. The molecule has 0 saturated heterocycles. The van der Waals surface area contributed by atoms with Gasteiger partial charge < -0.3 is 4.90 Å². The predicted molar refractivity (Wildman–Crippen MR) is 78.2 cm³/mol. The Morgan fingerprint density at radius 3 is 2.74 bits per heavy atom. The van der Waals surface area contributed by atoms with E-state index in [4.69, 9.17) is 0 Å². The minimum atomic E-state index is -0.440. The van der Waals surface area contributed by atoms with Gasteiger partial charge in [0.1, 0.15) is 5.82 Å². The highest BCUT2D eigenvalue weighted by Gasteiger charge is 2.30. The lowest BCUT2D eigenvalue weighted by Gasteiger charge is -2.35. The molecule has 0 aromatic heterocycles. The number of benzene rings is 1. The van der Waals surface area contributed by atoms with Crippen LogP contribution in [-0.2, 0) is 0 Å². The normalized spacial score (nSPS) is 23.2. The van der Waals surface area contributed by atoms with Crippen LogP contribution in [0.15, 0.2) is 18.2 Å². The van der Waals surface area contributed by atoms with Crippen molar-refractivity contribution in [3.05, 3.63) is 35.1 Å². The van der Waals surface area contributed by atoms with Gasteiger partial charge in [0, 0.05) is 17.9 Å². The average molecular weight is 328 g/mol. The van der Waals surface area contributed by atoms with Crippen LogP contribution in [0.5, 0.6) is 0 Å². The van der Waals surface area contributed by atoms with Crippen LogP contribution in [0.3, 0.4) is 0 Å². The lowest BCUT2D eigenvalue weighted by molar-refractivity contribution is 0.0700. The van der Waals surface area contributed by atoms with E-state index < -0.39 is 5.82 Å². The highest BCUT2D eigenvalue weighted by atomic mass is 79.9. The summed E-state index contributed by atoms with van der Waals surface area (Å²) in [6, 6.07) is 4.82. The van der Waals surface area contributed by atoms with Crippen LogP contribution < -0.4 is 0 Å². The Balaban J connectivity index is 2.20. The number of aryl methyl sites for hydroxylation is 1. The zero-order valence-electron chi connectivity index (χ0n) is 11.3. The van der Waals surface area contributed by atoms with Gasteiger partial charge in [0.2, 0.25) is 0 Å². The summed E-state index contributed by atoms with van der Waals surface area (Å²) in [5.41, 5.74) is 1.07. The summed E-state index contributed by atoms with van der Waals surface area (Å²) < 4.78 is 13.8. The molecule has 1 aromatic rings. The summed E-state index contributed by atoms with van der Waals surface area (Å²) in [5, 5.41) is 0. The van der Waals surface area contributed by atoms with E-state index in [-0.39, 0.29) is 17.5 Å². The summed E-state index contributed by atoms with van der Waals surface area (Å²) in [7, 11) is 1.77. The molecule has 2 unspecified atom stereocenters. The number of amides is 1. The van der Waals surface area contributed by atoms with E-state index in [1.54, 1.807) is 24.1 Å². The van der Waals surface area contributed by atoms with E-state index in [0.29, 0.717) is 4.83 Å². The molecular weight excluding hydrogens is 309 g/mol. The van der Waals surface area contributed by atoms with Crippen molar-refractivity contribution in [1.82, 2.24) is 4.90 Å². The largest absolute Gasteiger partial charge is 0.338 e. The zero-order valence-corrected chi connectivity index (χ0v) is 12.9. The van der Waals surface area contributed by atoms with Gasteiger partial charge in [-0.2, -0.15) is 0 Å². The third kappa shape index (κ3) is 3.16. The van der Waals surface area contributed by atoms with Crippen molar-refractivity contribution in [3.8, 4) is 0 Å². The van der Waals surface area contributed by atoms with E-state index in [1.165, 1.54) is 12.5 Å². The molecule has 1 aromatic carbocycles. The van der Waals surface area contributed by atoms with Gasteiger partial charge in [0.25, 0.3) is 5.91 Å². The first-order valence-electron chi connectivity index (χ1n) is 6.68. The summed E-state index contributed by atoms with van der Waals surface area (Å²) in [6.07, 6.45) is 4.36. The van der Waals surface area contributed by atoms with Gasteiger partial charge in [-0.3, -0.25) is 4.79 Å². The molecule has 1 aliphatic rings. The fourth-order valence-corrected chi connectivity index (χ4v) is 3.59. The summed E-state index contributed by atoms with van der Waals surface area (Å²) in [5.74, 6) is -0.665. The van der Waals surface area contributed by atoms with Crippen LogP contribution in [0.1, 0.15) is 41.6 Å². The first-order valence-corrected chi connectivity index (χ1v) is 7.59. The van der Waals surface area contributed by atoms with Gasteiger partial charge in [-0.15, -0.1) is 0 Å². The molecule has 1 fully saturated rings. The zero-order chi connectivity index (χ0) is 14.0. The molecule has 2 atom stereocenters. The first kappa shape index (κ1) is 14.5. The molecule has 104 valence electrons. The van der Waals surface area contributed by atoms with E-state index in [1.807, 2.05) is 6.92 Å². The Hall–Kier alpha value is -0.900. The molecule has 0 radical (unpaired) electrons. The second-order valence-corrected chi connectivity index (χ2v) is 6.44. The number of rotatable bonds is 2. The number of carbonyl (C=O) groups is 1. The second kappa shape index (κ2) is 6.04. The topological polar surface area (TPSA) is 20.3 Å². The van der Waals surface area contributed by atoms with Gasteiger partial charge in [-0.25, -0.2) is 4.39 Å².